The van der Waals surface area contributed by atoms with Crippen molar-refractivity contribution < 1.29 is 4.65 Å². The molecule has 0 bridgehead atoms. The first-order valence-corrected chi connectivity index (χ1v) is 3.13. The lowest BCUT2D eigenvalue weighted by molar-refractivity contribution is 0.367. The molecular formula is C6H8BN2O. The van der Waals surface area contributed by atoms with Crippen molar-refractivity contribution in [1.82, 2.24) is 9.97 Å². The zero-order chi connectivity index (χ0) is 7.23. The number of nitrogens with zero attached hydrogens (tertiary/aromatic N) is 2. The minimum atomic E-state index is 0.675. The van der Waals surface area contributed by atoms with Gasteiger partial charge in [-0.1, -0.05) is 0 Å². The molecule has 0 saturated heterocycles. The second-order valence-corrected chi connectivity index (χ2v) is 1.75. The fourth-order valence-electron chi connectivity index (χ4n) is 0.551. The SMILES string of the molecule is CCO[B]c1cncnc1. The topological polar surface area (TPSA) is 35.0 Å². The smallest absolute Gasteiger partial charge is 0.333 e. The second kappa shape index (κ2) is 4.01. The first kappa shape index (κ1) is 7.21. The molecule has 0 amide bonds. The summed E-state index contributed by atoms with van der Waals surface area (Å²) < 4.78 is 5.01. The van der Waals surface area contributed by atoms with Gasteiger partial charge in [-0.05, 0) is 12.4 Å². The van der Waals surface area contributed by atoms with E-state index in [0.717, 1.165) is 5.46 Å². The predicted molar refractivity (Wildman–Crippen MR) is 39.0 cm³/mol. The molecule has 1 heterocycles. The zero-order valence-corrected chi connectivity index (χ0v) is 5.82. The summed E-state index contributed by atoms with van der Waals surface area (Å²) in [5.41, 5.74) is 0.893. The lowest BCUT2D eigenvalue weighted by atomic mass is 9.91. The molecule has 4 heteroatoms. The molecule has 10 heavy (non-hydrogen) atoms. The van der Waals surface area contributed by atoms with Gasteiger partial charge in [0.05, 0.1) is 0 Å². The summed E-state index contributed by atoms with van der Waals surface area (Å²) >= 11 is 0. The molecule has 0 aliphatic rings. The van der Waals surface area contributed by atoms with Crippen LogP contribution in [0.3, 0.4) is 0 Å². The molecule has 51 valence electrons. The van der Waals surface area contributed by atoms with Crippen LogP contribution >= 0.6 is 0 Å². The number of aromatic nitrogens is 2. The van der Waals surface area contributed by atoms with E-state index in [0.29, 0.717) is 6.61 Å². The van der Waals surface area contributed by atoms with Crippen molar-refractivity contribution in [2.75, 3.05) is 6.61 Å². The molecule has 0 saturated carbocycles. The van der Waals surface area contributed by atoms with Gasteiger partial charge in [-0.3, -0.25) is 0 Å². The largest absolute Gasteiger partial charge is 0.434 e. The lowest BCUT2D eigenvalue weighted by Gasteiger charge is -1.95. The van der Waals surface area contributed by atoms with Crippen molar-refractivity contribution in [3.8, 4) is 0 Å². The van der Waals surface area contributed by atoms with E-state index in [1.807, 2.05) is 6.92 Å². The highest BCUT2D eigenvalue weighted by molar-refractivity contribution is 6.46. The maximum absolute atomic E-state index is 5.01. The van der Waals surface area contributed by atoms with E-state index in [4.69, 9.17) is 4.65 Å². The molecule has 1 radical (unpaired) electrons. The first-order chi connectivity index (χ1) is 4.93. The zero-order valence-electron chi connectivity index (χ0n) is 5.82. The van der Waals surface area contributed by atoms with Crippen molar-refractivity contribution >= 4 is 12.9 Å². The Morgan fingerprint density at radius 1 is 1.50 bits per heavy atom. The van der Waals surface area contributed by atoms with Crippen LogP contribution in [0.25, 0.3) is 0 Å². The Hall–Kier alpha value is -0.895. The Morgan fingerprint density at radius 3 is 2.80 bits per heavy atom. The number of hydrogen-bond acceptors (Lipinski definition) is 3. The molecule has 0 N–H and O–H groups in total. The van der Waals surface area contributed by atoms with Crippen molar-refractivity contribution in [2.45, 2.75) is 6.92 Å². The number of rotatable bonds is 3. The van der Waals surface area contributed by atoms with Gasteiger partial charge in [0, 0.05) is 19.0 Å². The molecule has 0 aliphatic heterocycles. The van der Waals surface area contributed by atoms with E-state index < -0.39 is 0 Å². The van der Waals surface area contributed by atoms with Gasteiger partial charge in [-0.25, -0.2) is 9.97 Å². The molecule has 0 fully saturated rings. The minimum Gasteiger partial charge on any atom is -0.434 e. The van der Waals surface area contributed by atoms with Crippen LogP contribution in [0.15, 0.2) is 18.7 Å². The molecule has 1 rings (SSSR count). The summed E-state index contributed by atoms with van der Waals surface area (Å²) in [4.78, 5) is 7.63. The van der Waals surface area contributed by atoms with E-state index >= 15 is 0 Å². The fraction of sp³-hybridized carbons (Fsp3) is 0.333. The molecule has 1 aromatic heterocycles. The van der Waals surface area contributed by atoms with Crippen LogP contribution in [0.4, 0.5) is 0 Å². The van der Waals surface area contributed by atoms with Crippen LogP contribution in [0.5, 0.6) is 0 Å². The molecule has 0 unspecified atom stereocenters. The van der Waals surface area contributed by atoms with Crippen LogP contribution in [-0.2, 0) is 4.65 Å². The van der Waals surface area contributed by atoms with E-state index in [9.17, 15) is 0 Å². The standard InChI is InChI=1S/C6H8BN2O/c1-2-10-7-6-3-8-5-9-4-6/h3-5H,2H2,1H3. The average molecular weight is 135 g/mol. The maximum atomic E-state index is 5.01. The van der Waals surface area contributed by atoms with Gasteiger partial charge >= 0.3 is 7.48 Å². The molecule has 0 aromatic carbocycles. The highest BCUT2D eigenvalue weighted by Gasteiger charge is 1.93. The van der Waals surface area contributed by atoms with Gasteiger partial charge in [0.1, 0.15) is 6.33 Å². The normalized spacial score (nSPS) is 9.30. The monoisotopic (exact) mass is 135 g/mol. The Balaban J connectivity index is 2.43. The van der Waals surface area contributed by atoms with Gasteiger partial charge in [-0.15, -0.1) is 0 Å². The van der Waals surface area contributed by atoms with Gasteiger partial charge < -0.3 is 4.65 Å². The highest BCUT2D eigenvalue weighted by Crippen LogP contribution is 1.72. The molecule has 0 aliphatic carbocycles. The van der Waals surface area contributed by atoms with Gasteiger partial charge in [0.2, 0.25) is 0 Å². The van der Waals surface area contributed by atoms with Crippen LogP contribution in [-0.4, -0.2) is 24.1 Å². The summed E-state index contributed by atoms with van der Waals surface area (Å²) in [7, 11) is 1.64. The van der Waals surface area contributed by atoms with E-state index in [1.165, 1.54) is 6.33 Å². The summed E-state index contributed by atoms with van der Waals surface area (Å²) in [6, 6.07) is 0. The Kier molecular flexibility index (Phi) is 2.89. The van der Waals surface area contributed by atoms with Crippen LogP contribution in [0.2, 0.25) is 0 Å². The van der Waals surface area contributed by atoms with E-state index in [2.05, 4.69) is 9.97 Å². The van der Waals surface area contributed by atoms with Crippen molar-refractivity contribution in [3.05, 3.63) is 18.7 Å². The maximum Gasteiger partial charge on any atom is 0.333 e. The third kappa shape index (κ3) is 2.15. The second-order valence-electron chi connectivity index (χ2n) is 1.75. The third-order valence-electron chi connectivity index (χ3n) is 0.967. The molecule has 3 nitrogen and oxygen atoms in total. The van der Waals surface area contributed by atoms with E-state index in [-0.39, 0.29) is 0 Å². The summed E-state index contributed by atoms with van der Waals surface area (Å²) in [5, 5.41) is 0. The quantitative estimate of drug-likeness (QED) is 0.536. The molecule has 0 spiro atoms. The summed E-state index contributed by atoms with van der Waals surface area (Å²) in [6.07, 6.45) is 4.88. The van der Waals surface area contributed by atoms with Crippen LogP contribution in [0.1, 0.15) is 6.92 Å². The average Bonchev–Trinajstić information content (AvgIpc) is 2.03. The molecule has 0 atom stereocenters. The predicted octanol–water partition coefficient (Wildman–Crippen LogP) is -0.242. The van der Waals surface area contributed by atoms with Crippen LogP contribution < -0.4 is 5.46 Å². The Morgan fingerprint density at radius 2 is 2.20 bits per heavy atom. The number of hydrogen-bond donors (Lipinski definition) is 0. The minimum absolute atomic E-state index is 0.675. The molecular weight excluding hydrogens is 127 g/mol. The van der Waals surface area contributed by atoms with Crippen molar-refractivity contribution in [3.63, 3.8) is 0 Å². The Labute approximate surface area is 60.7 Å². The van der Waals surface area contributed by atoms with Crippen molar-refractivity contribution in [1.29, 1.82) is 0 Å². The summed E-state index contributed by atoms with van der Waals surface area (Å²) in [5.74, 6) is 0. The Bertz CT molecular complexity index is 180. The van der Waals surface area contributed by atoms with Gasteiger partial charge in [0.25, 0.3) is 0 Å². The van der Waals surface area contributed by atoms with E-state index in [1.54, 1.807) is 19.9 Å². The van der Waals surface area contributed by atoms with Crippen LogP contribution in [0, 0.1) is 0 Å². The third-order valence-corrected chi connectivity index (χ3v) is 0.967. The summed E-state index contributed by atoms with van der Waals surface area (Å²) in [6.45, 7) is 2.61. The van der Waals surface area contributed by atoms with Crippen molar-refractivity contribution in [2.24, 2.45) is 0 Å². The fourth-order valence-corrected chi connectivity index (χ4v) is 0.551. The van der Waals surface area contributed by atoms with Gasteiger partial charge in [-0.2, -0.15) is 0 Å². The van der Waals surface area contributed by atoms with Gasteiger partial charge in [0.15, 0.2) is 0 Å². The molecule has 1 aromatic rings. The lowest BCUT2D eigenvalue weighted by Crippen LogP contribution is -2.18. The highest BCUT2D eigenvalue weighted by atomic mass is 16.4. The first-order valence-electron chi connectivity index (χ1n) is 3.13.